The molecule has 2 atom stereocenters. The molecule has 0 aliphatic carbocycles. The van der Waals surface area contributed by atoms with Crippen molar-refractivity contribution in [1.82, 2.24) is 10.3 Å². The lowest BCUT2D eigenvalue weighted by atomic mass is 9.98. The normalized spacial score (nSPS) is 20.4. The van der Waals surface area contributed by atoms with Crippen molar-refractivity contribution in [3.05, 3.63) is 35.5 Å². The largest absolute Gasteiger partial charge is 0.381 e. The SMILES string of the molecule is CC(CC1CCCCN1)Nc1ccc(Cl)c2cccnc12. The topological polar surface area (TPSA) is 37.0 Å². The molecule has 21 heavy (non-hydrogen) atoms. The molecule has 3 rings (SSSR count). The van der Waals surface area contributed by atoms with E-state index >= 15 is 0 Å². The number of halogens is 1. The summed E-state index contributed by atoms with van der Waals surface area (Å²) in [5, 5.41) is 8.97. The molecular weight excluding hydrogens is 282 g/mol. The summed E-state index contributed by atoms with van der Waals surface area (Å²) in [6.07, 6.45) is 6.89. The van der Waals surface area contributed by atoms with Gasteiger partial charge in [0.2, 0.25) is 0 Å². The van der Waals surface area contributed by atoms with E-state index in [0.29, 0.717) is 12.1 Å². The zero-order valence-corrected chi connectivity index (χ0v) is 13.2. The Morgan fingerprint density at radius 1 is 1.38 bits per heavy atom. The second-order valence-electron chi connectivity index (χ2n) is 5.92. The molecule has 2 heterocycles. The summed E-state index contributed by atoms with van der Waals surface area (Å²) in [5.41, 5.74) is 2.02. The lowest BCUT2D eigenvalue weighted by Crippen LogP contribution is -2.37. The molecule has 1 aliphatic heterocycles. The number of nitrogens with one attached hydrogen (secondary N) is 2. The van der Waals surface area contributed by atoms with Gasteiger partial charge in [0, 0.05) is 23.7 Å². The van der Waals surface area contributed by atoms with E-state index in [2.05, 4.69) is 22.5 Å². The van der Waals surface area contributed by atoms with E-state index in [9.17, 15) is 0 Å². The van der Waals surface area contributed by atoms with Crippen LogP contribution >= 0.6 is 11.6 Å². The zero-order valence-electron chi connectivity index (χ0n) is 12.4. The molecular formula is C17H22ClN3. The number of aromatic nitrogens is 1. The van der Waals surface area contributed by atoms with Gasteiger partial charge in [-0.05, 0) is 57.0 Å². The summed E-state index contributed by atoms with van der Waals surface area (Å²) in [6.45, 7) is 3.39. The number of pyridine rings is 1. The smallest absolute Gasteiger partial charge is 0.0948 e. The van der Waals surface area contributed by atoms with Crippen LogP contribution in [0.2, 0.25) is 5.02 Å². The number of nitrogens with zero attached hydrogens (tertiary/aromatic N) is 1. The van der Waals surface area contributed by atoms with Gasteiger partial charge < -0.3 is 10.6 Å². The zero-order chi connectivity index (χ0) is 14.7. The average Bonchev–Trinajstić information content (AvgIpc) is 2.51. The lowest BCUT2D eigenvalue weighted by molar-refractivity contribution is 0.371. The molecule has 0 radical (unpaired) electrons. The Morgan fingerprint density at radius 2 is 2.29 bits per heavy atom. The van der Waals surface area contributed by atoms with E-state index in [1.54, 1.807) is 0 Å². The lowest BCUT2D eigenvalue weighted by Gasteiger charge is -2.27. The van der Waals surface area contributed by atoms with Crippen LogP contribution < -0.4 is 10.6 Å². The number of rotatable bonds is 4. The molecule has 0 bridgehead atoms. The van der Waals surface area contributed by atoms with Crippen LogP contribution in [0, 0.1) is 0 Å². The molecule has 2 unspecified atom stereocenters. The highest BCUT2D eigenvalue weighted by Gasteiger charge is 2.16. The van der Waals surface area contributed by atoms with E-state index in [1.165, 1.54) is 19.3 Å². The summed E-state index contributed by atoms with van der Waals surface area (Å²) >= 11 is 6.24. The Morgan fingerprint density at radius 3 is 3.10 bits per heavy atom. The van der Waals surface area contributed by atoms with Gasteiger partial charge in [-0.15, -0.1) is 0 Å². The fourth-order valence-electron chi connectivity index (χ4n) is 3.13. The van der Waals surface area contributed by atoms with Gasteiger partial charge in [0.15, 0.2) is 0 Å². The third-order valence-corrected chi connectivity index (χ3v) is 4.50. The first-order valence-corrected chi connectivity index (χ1v) is 8.15. The molecule has 0 amide bonds. The van der Waals surface area contributed by atoms with Crippen LogP contribution in [0.4, 0.5) is 5.69 Å². The first kappa shape index (κ1) is 14.6. The molecule has 4 heteroatoms. The predicted molar refractivity (Wildman–Crippen MR) is 90.1 cm³/mol. The van der Waals surface area contributed by atoms with Crippen LogP contribution in [-0.2, 0) is 0 Å². The predicted octanol–water partition coefficient (Wildman–Crippen LogP) is 4.22. The summed E-state index contributed by atoms with van der Waals surface area (Å²) in [4.78, 5) is 4.48. The van der Waals surface area contributed by atoms with E-state index in [0.717, 1.165) is 34.6 Å². The van der Waals surface area contributed by atoms with Crippen molar-refractivity contribution in [2.24, 2.45) is 0 Å². The highest BCUT2D eigenvalue weighted by Crippen LogP contribution is 2.28. The number of fused-ring (bicyclic) bond motifs is 1. The minimum atomic E-state index is 0.409. The van der Waals surface area contributed by atoms with Crippen molar-refractivity contribution in [1.29, 1.82) is 0 Å². The number of hydrogen-bond donors (Lipinski definition) is 2. The van der Waals surface area contributed by atoms with Crippen molar-refractivity contribution >= 4 is 28.2 Å². The molecule has 0 saturated carbocycles. The Kier molecular flexibility index (Phi) is 4.61. The molecule has 0 spiro atoms. The summed E-state index contributed by atoms with van der Waals surface area (Å²) in [7, 11) is 0. The van der Waals surface area contributed by atoms with Crippen molar-refractivity contribution in [2.45, 2.75) is 44.7 Å². The quantitative estimate of drug-likeness (QED) is 0.888. The fourth-order valence-corrected chi connectivity index (χ4v) is 3.35. The van der Waals surface area contributed by atoms with Crippen molar-refractivity contribution < 1.29 is 0 Å². The maximum absolute atomic E-state index is 6.24. The Bertz CT molecular complexity index is 608. The Hall–Kier alpha value is -1.32. The minimum Gasteiger partial charge on any atom is -0.381 e. The number of hydrogen-bond acceptors (Lipinski definition) is 3. The van der Waals surface area contributed by atoms with Crippen LogP contribution in [0.3, 0.4) is 0 Å². The highest BCUT2D eigenvalue weighted by molar-refractivity contribution is 6.35. The Balaban J connectivity index is 1.73. The van der Waals surface area contributed by atoms with Crippen molar-refractivity contribution in [3.8, 4) is 0 Å². The molecule has 1 aromatic heterocycles. The maximum Gasteiger partial charge on any atom is 0.0948 e. The fraction of sp³-hybridized carbons (Fsp3) is 0.471. The van der Waals surface area contributed by atoms with Gasteiger partial charge >= 0.3 is 0 Å². The monoisotopic (exact) mass is 303 g/mol. The van der Waals surface area contributed by atoms with Crippen LogP contribution in [0.25, 0.3) is 10.9 Å². The van der Waals surface area contributed by atoms with Gasteiger partial charge in [-0.25, -0.2) is 0 Å². The number of anilines is 1. The highest BCUT2D eigenvalue weighted by atomic mass is 35.5. The third kappa shape index (κ3) is 3.47. The van der Waals surface area contributed by atoms with Gasteiger partial charge in [-0.1, -0.05) is 18.0 Å². The van der Waals surface area contributed by atoms with Crippen LogP contribution in [0.5, 0.6) is 0 Å². The molecule has 1 aliphatic rings. The minimum absolute atomic E-state index is 0.409. The van der Waals surface area contributed by atoms with E-state index < -0.39 is 0 Å². The van der Waals surface area contributed by atoms with E-state index in [1.807, 2.05) is 30.5 Å². The molecule has 2 N–H and O–H groups in total. The second kappa shape index (κ2) is 6.63. The first-order chi connectivity index (χ1) is 10.2. The number of benzene rings is 1. The summed E-state index contributed by atoms with van der Waals surface area (Å²) in [5.74, 6) is 0. The number of piperidine rings is 1. The standard InChI is InChI=1S/C17H22ClN3/c1-12(11-13-5-2-3-9-19-13)21-16-8-7-15(18)14-6-4-10-20-17(14)16/h4,6-8,10,12-13,19,21H,2-3,5,9,11H2,1H3. The first-order valence-electron chi connectivity index (χ1n) is 7.77. The Labute approximate surface area is 131 Å². The van der Waals surface area contributed by atoms with E-state index in [4.69, 9.17) is 11.6 Å². The molecule has 112 valence electrons. The molecule has 1 fully saturated rings. The molecule has 1 aromatic carbocycles. The van der Waals surface area contributed by atoms with Crippen molar-refractivity contribution in [3.63, 3.8) is 0 Å². The van der Waals surface area contributed by atoms with Gasteiger partial charge in [-0.3, -0.25) is 4.98 Å². The average molecular weight is 304 g/mol. The molecule has 2 aromatic rings. The summed E-state index contributed by atoms with van der Waals surface area (Å²) in [6, 6.07) is 8.96. The third-order valence-electron chi connectivity index (χ3n) is 4.17. The van der Waals surface area contributed by atoms with Gasteiger partial charge in [0.1, 0.15) is 0 Å². The molecule has 1 saturated heterocycles. The van der Waals surface area contributed by atoms with Crippen LogP contribution in [0.15, 0.2) is 30.5 Å². The van der Waals surface area contributed by atoms with Crippen LogP contribution in [0.1, 0.15) is 32.6 Å². The molecule has 3 nitrogen and oxygen atoms in total. The maximum atomic E-state index is 6.24. The summed E-state index contributed by atoms with van der Waals surface area (Å²) < 4.78 is 0. The van der Waals surface area contributed by atoms with Gasteiger partial charge in [0.05, 0.1) is 16.2 Å². The van der Waals surface area contributed by atoms with Crippen molar-refractivity contribution in [2.75, 3.05) is 11.9 Å². The van der Waals surface area contributed by atoms with Gasteiger partial charge in [-0.2, -0.15) is 0 Å². The van der Waals surface area contributed by atoms with E-state index in [-0.39, 0.29) is 0 Å². The van der Waals surface area contributed by atoms with Crippen LogP contribution in [-0.4, -0.2) is 23.6 Å². The second-order valence-corrected chi connectivity index (χ2v) is 6.33. The van der Waals surface area contributed by atoms with Gasteiger partial charge in [0.25, 0.3) is 0 Å².